The van der Waals surface area contributed by atoms with Crippen molar-refractivity contribution in [3.8, 4) is 0 Å². The van der Waals surface area contributed by atoms with Gasteiger partial charge >= 0.3 is 21.3 Å². The fourth-order valence-corrected chi connectivity index (χ4v) is 1.43. The number of alkyl halides is 2. The molecular weight excluding hydrogens is 260 g/mol. The molecule has 2 N–H and O–H groups in total. The number of aromatic amines is 1. The molecule has 0 fully saturated rings. The molecule has 0 saturated carbocycles. The van der Waals surface area contributed by atoms with Gasteiger partial charge in [0.2, 0.25) is 0 Å². The second-order valence-electron chi connectivity index (χ2n) is 3.18. The van der Waals surface area contributed by atoms with Gasteiger partial charge in [-0.3, -0.25) is 4.55 Å². The first-order valence-electron chi connectivity index (χ1n) is 4.35. The lowest BCUT2D eigenvalue weighted by Crippen LogP contribution is -2.41. The van der Waals surface area contributed by atoms with Crippen molar-refractivity contribution in [2.45, 2.75) is 18.3 Å². The van der Waals surface area contributed by atoms with Crippen molar-refractivity contribution >= 4 is 16.1 Å². The molecule has 1 heterocycles. The molecule has 0 radical (unpaired) electrons. The Labute approximate surface area is 95.3 Å². The summed E-state index contributed by atoms with van der Waals surface area (Å²) in [5, 5.41) is -4.56. The number of nitrogens with one attached hydrogen (secondary N) is 1. The Morgan fingerprint density at radius 1 is 1.59 bits per heavy atom. The van der Waals surface area contributed by atoms with Gasteiger partial charge in [0.15, 0.2) is 6.10 Å². The van der Waals surface area contributed by atoms with Crippen LogP contribution >= 0.6 is 0 Å². The molecule has 1 aromatic heterocycles. The molecule has 1 aromatic rings. The van der Waals surface area contributed by atoms with E-state index in [4.69, 9.17) is 4.55 Å². The van der Waals surface area contributed by atoms with Gasteiger partial charge in [-0.05, 0) is 13.0 Å². The van der Waals surface area contributed by atoms with Crippen molar-refractivity contribution in [2.75, 3.05) is 0 Å². The Balaban J connectivity index is 2.80. The van der Waals surface area contributed by atoms with Gasteiger partial charge in [-0.1, -0.05) is 0 Å². The Morgan fingerprint density at radius 3 is 2.59 bits per heavy atom. The second-order valence-corrected chi connectivity index (χ2v) is 4.68. The van der Waals surface area contributed by atoms with Crippen LogP contribution in [0.1, 0.15) is 17.3 Å². The average Bonchev–Trinajstić information content (AvgIpc) is 2.68. The number of carbonyl (C=O) groups is 1. The van der Waals surface area contributed by atoms with E-state index < -0.39 is 27.4 Å². The molecule has 0 amide bonds. The van der Waals surface area contributed by atoms with Crippen LogP contribution in [0.4, 0.5) is 8.78 Å². The van der Waals surface area contributed by atoms with Crippen LogP contribution < -0.4 is 0 Å². The summed E-state index contributed by atoms with van der Waals surface area (Å²) >= 11 is 0. The number of rotatable bonds is 4. The molecule has 1 atom stereocenters. The normalized spacial score (nSPS) is 14.4. The number of hydrogen-bond acceptors (Lipinski definition) is 4. The summed E-state index contributed by atoms with van der Waals surface area (Å²) in [5.41, 5.74) is -0.0389. The quantitative estimate of drug-likeness (QED) is 0.629. The lowest BCUT2D eigenvalue weighted by molar-refractivity contribution is -0.0549. The number of aromatic nitrogens is 1. The number of hydrogen-bond donors (Lipinski definition) is 2. The lowest BCUT2D eigenvalue weighted by Gasteiger charge is -2.20. The molecule has 6 nitrogen and oxygen atoms in total. The average molecular weight is 269 g/mol. The third-order valence-corrected chi connectivity index (χ3v) is 2.95. The van der Waals surface area contributed by atoms with Crippen molar-refractivity contribution in [3.63, 3.8) is 0 Å². The summed E-state index contributed by atoms with van der Waals surface area (Å²) in [6.45, 7) is 0.665. The van der Waals surface area contributed by atoms with E-state index >= 15 is 0 Å². The van der Waals surface area contributed by atoms with Crippen LogP contribution in [-0.2, 0) is 14.9 Å². The number of ether oxygens (including phenoxy) is 1. The topological polar surface area (TPSA) is 96.5 Å². The summed E-state index contributed by atoms with van der Waals surface area (Å²) in [5.74, 6) is -1.12. The molecule has 17 heavy (non-hydrogen) atoms. The molecule has 0 aliphatic heterocycles. The van der Waals surface area contributed by atoms with Crippen molar-refractivity contribution in [1.82, 2.24) is 4.98 Å². The van der Waals surface area contributed by atoms with Gasteiger partial charge in [-0.15, -0.1) is 0 Å². The highest BCUT2D eigenvalue weighted by molar-refractivity contribution is 7.86. The van der Waals surface area contributed by atoms with E-state index in [0.717, 1.165) is 0 Å². The number of esters is 1. The van der Waals surface area contributed by atoms with Gasteiger partial charge in [0.05, 0.1) is 5.56 Å². The highest BCUT2D eigenvalue weighted by atomic mass is 32.2. The number of H-pyrrole nitrogens is 1. The Morgan fingerprint density at radius 2 is 2.18 bits per heavy atom. The molecule has 0 aromatic carbocycles. The van der Waals surface area contributed by atoms with Gasteiger partial charge < -0.3 is 9.72 Å². The largest absolute Gasteiger partial charge is 0.451 e. The zero-order chi connectivity index (χ0) is 13.3. The number of halogens is 2. The van der Waals surface area contributed by atoms with Crippen molar-refractivity contribution in [3.05, 3.63) is 24.0 Å². The zero-order valence-corrected chi connectivity index (χ0v) is 9.37. The Kier molecular flexibility index (Phi) is 3.53. The molecule has 0 saturated heterocycles. The van der Waals surface area contributed by atoms with Crippen LogP contribution in [-0.4, -0.2) is 35.3 Å². The number of carbonyl (C=O) groups excluding carboxylic acids is 1. The van der Waals surface area contributed by atoms with E-state index in [1.807, 2.05) is 0 Å². The van der Waals surface area contributed by atoms with Crippen molar-refractivity contribution in [1.29, 1.82) is 0 Å². The minimum atomic E-state index is -5.63. The summed E-state index contributed by atoms with van der Waals surface area (Å²) in [4.78, 5) is 13.7. The van der Waals surface area contributed by atoms with Crippen LogP contribution in [0, 0.1) is 0 Å². The molecule has 0 aliphatic rings. The first kappa shape index (κ1) is 13.6. The summed E-state index contributed by atoms with van der Waals surface area (Å²) in [6, 6.07) is 1.26. The third-order valence-electron chi connectivity index (χ3n) is 1.93. The maximum Gasteiger partial charge on any atom is 0.405 e. The van der Waals surface area contributed by atoms with Crippen LogP contribution in [0.3, 0.4) is 0 Å². The van der Waals surface area contributed by atoms with Crippen molar-refractivity contribution < 1.29 is 31.3 Å². The monoisotopic (exact) mass is 269 g/mol. The minimum absolute atomic E-state index is 0.0389. The predicted molar refractivity (Wildman–Crippen MR) is 52.2 cm³/mol. The smallest absolute Gasteiger partial charge is 0.405 e. The van der Waals surface area contributed by atoms with Crippen LogP contribution in [0.2, 0.25) is 0 Å². The molecule has 9 heteroatoms. The third kappa shape index (κ3) is 2.80. The highest BCUT2D eigenvalue weighted by Gasteiger charge is 2.52. The van der Waals surface area contributed by atoms with E-state index in [1.165, 1.54) is 18.5 Å². The van der Waals surface area contributed by atoms with Gasteiger partial charge in [0, 0.05) is 12.4 Å². The van der Waals surface area contributed by atoms with E-state index in [0.29, 0.717) is 6.92 Å². The minimum Gasteiger partial charge on any atom is -0.451 e. The van der Waals surface area contributed by atoms with E-state index in [2.05, 4.69) is 9.72 Å². The zero-order valence-electron chi connectivity index (χ0n) is 8.55. The fourth-order valence-electron chi connectivity index (χ4n) is 0.958. The standard InChI is InChI=1S/C8H9F2NO5S/c1-5(8(9,10)17(13,14)15)16-7(12)6-2-3-11-4-6/h2-5,11H,1H3,(H,13,14,15). The van der Waals surface area contributed by atoms with Gasteiger partial charge in [-0.2, -0.15) is 17.2 Å². The molecule has 0 bridgehead atoms. The molecule has 1 unspecified atom stereocenters. The molecule has 0 spiro atoms. The predicted octanol–water partition coefficient (Wildman–Crippen LogP) is 1.04. The maximum absolute atomic E-state index is 13.0. The van der Waals surface area contributed by atoms with Gasteiger partial charge in [-0.25, -0.2) is 4.79 Å². The fraction of sp³-hybridized carbons (Fsp3) is 0.375. The van der Waals surface area contributed by atoms with Crippen LogP contribution in [0.15, 0.2) is 18.5 Å². The van der Waals surface area contributed by atoms with E-state index in [9.17, 15) is 22.0 Å². The SMILES string of the molecule is CC(OC(=O)c1cc[nH]c1)C(F)(F)S(=O)(=O)O. The lowest BCUT2D eigenvalue weighted by atomic mass is 10.3. The summed E-state index contributed by atoms with van der Waals surface area (Å²) < 4.78 is 59.3. The van der Waals surface area contributed by atoms with Gasteiger partial charge in [0.25, 0.3) is 0 Å². The molecule has 96 valence electrons. The van der Waals surface area contributed by atoms with Crippen LogP contribution in [0.5, 0.6) is 0 Å². The van der Waals surface area contributed by atoms with E-state index in [-0.39, 0.29) is 5.56 Å². The summed E-state index contributed by atoms with van der Waals surface area (Å²) in [6.07, 6.45) is 0.253. The first-order chi connectivity index (χ1) is 7.66. The molecule has 1 rings (SSSR count). The Hall–Kier alpha value is -1.48. The first-order valence-corrected chi connectivity index (χ1v) is 5.79. The van der Waals surface area contributed by atoms with E-state index in [1.54, 1.807) is 0 Å². The van der Waals surface area contributed by atoms with Crippen LogP contribution in [0.25, 0.3) is 0 Å². The Bertz CT molecular complexity index is 496. The second kappa shape index (κ2) is 4.41. The highest BCUT2D eigenvalue weighted by Crippen LogP contribution is 2.27. The maximum atomic E-state index is 13.0. The van der Waals surface area contributed by atoms with Crippen molar-refractivity contribution in [2.24, 2.45) is 0 Å². The summed E-state index contributed by atoms with van der Waals surface area (Å²) in [7, 11) is -5.63. The molecule has 0 aliphatic carbocycles. The van der Waals surface area contributed by atoms with Gasteiger partial charge in [0.1, 0.15) is 0 Å². The molecular formula is C8H9F2NO5S.